The number of allylic oxidation sites excluding steroid dienone is 1. The summed E-state index contributed by atoms with van der Waals surface area (Å²) in [5.41, 5.74) is 3.51. The van der Waals surface area contributed by atoms with Crippen LogP contribution in [-0.4, -0.2) is 20.7 Å². The third kappa shape index (κ3) is 3.27. The zero-order valence-electron chi connectivity index (χ0n) is 13.2. The number of carbonyl (C=O) groups is 1. The molecule has 0 atom stereocenters. The molecule has 7 heteroatoms. The van der Waals surface area contributed by atoms with Crippen LogP contribution < -0.4 is 5.48 Å². The maximum atomic E-state index is 13.9. The summed E-state index contributed by atoms with van der Waals surface area (Å²) in [6.45, 7) is 3.90. The van der Waals surface area contributed by atoms with E-state index in [4.69, 9.17) is 5.21 Å². The van der Waals surface area contributed by atoms with Crippen molar-refractivity contribution in [1.82, 2.24) is 15.0 Å². The normalized spacial score (nSPS) is 10.8. The van der Waals surface area contributed by atoms with Gasteiger partial charge in [0.15, 0.2) is 0 Å². The van der Waals surface area contributed by atoms with Gasteiger partial charge in [-0.25, -0.2) is 19.2 Å². The Morgan fingerprint density at radius 3 is 2.80 bits per heavy atom. The van der Waals surface area contributed by atoms with Crippen molar-refractivity contribution in [2.24, 2.45) is 0 Å². The van der Waals surface area contributed by atoms with Crippen LogP contribution in [0.1, 0.15) is 21.6 Å². The molecule has 0 aliphatic carbocycles. The Hall–Kier alpha value is -3.06. The second kappa shape index (κ2) is 6.82. The van der Waals surface area contributed by atoms with Gasteiger partial charge in [-0.05, 0) is 24.1 Å². The number of halogens is 2. The molecule has 0 saturated heterocycles. The molecule has 3 rings (SSSR count). The van der Waals surface area contributed by atoms with Crippen LogP contribution in [0.5, 0.6) is 0 Å². The Labute approximate surface area is 142 Å². The van der Waals surface area contributed by atoms with E-state index in [9.17, 15) is 13.6 Å². The first kappa shape index (κ1) is 16.8. The summed E-state index contributed by atoms with van der Waals surface area (Å²) in [6, 6.07) is 4.99. The topological polar surface area (TPSA) is 67.2 Å². The Morgan fingerprint density at radius 2 is 2.12 bits per heavy atom. The van der Waals surface area contributed by atoms with Crippen LogP contribution >= 0.6 is 0 Å². The number of rotatable bonds is 5. The smallest absolute Gasteiger partial charge is 0.293 e. The highest BCUT2D eigenvalue weighted by Gasteiger charge is 2.14. The summed E-state index contributed by atoms with van der Waals surface area (Å²) in [5, 5.41) is 9.50. The number of pyridine rings is 1. The molecular formula is C18H15F2N3O2. The van der Waals surface area contributed by atoms with Crippen LogP contribution in [0.2, 0.25) is 0 Å². The summed E-state index contributed by atoms with van der Waals surface area (Å²) in [7, 11) is 0. The van der Waals surface area contributed by atoms with Crippen LogP contribution in [-0.2, 0) is 13.0 Å². The summed E-state index contributed by atoms with van der Waals surface area (Å²) >= 11 is 0. The predicted molar refractivity (Wildman–Crippen MR) is 88.3 cm³/mol. The minimum absolute atomic E-state index is 0.0611. The molecule has 0 saturated carbocycles. The number of benzene rings is 1. The van der Waals surface area contributed by atoms with Gasteiger partial charge in [-0.1, -0.05) is 12.1 Å². The van der Waals surface area contributed by atoms with Crippen molar-refractivity contribution < 1.29 is 18.8 Å². The summed E-state index contributed by atoms with van der Waals surface area (Å²) in [5.74, 6) is -1.98. The number of hydrogen-bond donors (Lipinski definition) is 2. The number of hydroxylamine groups is 1. The van der Waals surface area contributed by atoms with Gasteiger partial charge in [-0.2, -0.15) is 0 Å². The maximum absolute atomic E-state index is 13.9. The fourth-order valence-electron chi connectivity index (χ4n) is 2.73. The zero-order valence-corrected chi connectivity index (χ0v) is 13.2. The average Bonchev–Trinajstić information content (AvgIpc) is 2.94. The number of aromatic nitrogens is 2. The van der Waals surface area contributed by atoms with Crippen molar-refractivity contribution in [2.45, 2.75) is 13.0 Å². The lowest BCUT2D eigenvalue weighted by molar-refractivity contribution is 0.0701. The minimum atomic E-state index is -0.719. The van der Waals surface area contributed by atoms with Gasteiger partial charge in [0.1, 0.15) is 17.3 Å². The fraction of sp³-hybridized carbons (Fsp3) is 0.111. The monoisotopic (exact) mass is 343 g/mol. The molecule has 2 heterocycles. The van der Waals surface area contributed by atoms with Crippen molar-refractivity contribution >= 4 is 16.8 Å². The van der Waals surface area contributed by atoms with Crippen LogP contribution in [0.25, 0.3) is 10.9 Å². The van der Waals surface area contributed by atoms with Crippen molar-refractivity contribution in [1.29, 1.82) is 0 Å². The molecule has 2 N–H and O–H groups in total. The first-order valence-corrected chi connectivity index (χ1v) is 7.50. The van der Waals surface area contributed by atoms with Gasteiger partial charge in [0.25, 0.3) is 5.91 Å². The highest BCUT2D eigenvalue weighted by molar-refractivity contribution is 5.96. The number of nitrogens with zero attached hydrogens (tertiary/aromatic N) is 2. The molecule has 5 nitrogen and oxygen atoms in total. The van der Waals surface area contributed by atoms with E-state index in [-0.39, 0.29) is 12.2 Å². The molecule has 0 fully saturated rings. The van der Waals surface area contributed by atoms with E-state index in [1.54, 1.807) is 22.2 Å². The van der Waals surface area contributed by atoms with Gasteiger partial charge in [-0.15, -0.1) is 6.58 Å². The Kier molecular flexibility index (Phi) is 4.58. The summed E-state index contributed by atoms with van der Waals surface area (Å²) in [6.07, 6.45) is 5.55. The first-order chi connectivity index (χ1) is 12.0. The van der Waals surface area contributed by atoms with E-state index >= 15 is 0 Å². The number of fused-ring (bicyclic) bond motifs is 1. The van der Waals surface area contributed by atoms with Crippen molar-refractivity contribution in [3.05, 3.63) is 77.8 Å². The molecule has 0 bridgehead atoms. The SMILES string of the molecule is C=CCc1cn(Cc2ccc(F)cc2F)c2cnc(C(=O)NO)cc12. The van der Waals surface area contributed by atoms with Crippen LogP contribution in [0.4, 0.5) is 8.78 Å². The van der Waals surface area contributed by atoms with E-state index in [2.05, 4.69) is 11.6 Å². The standard InChI is InChI=1S/C18H15F2N3O2/c1-2-3-11-9-23(10-12-4-5-13(19)6-15(12)20)17-8-21-16(7-14(11)17)18(24)22-25/h2,4-9,25H,1,3,10H2,(H,22,24). The molecule has 0 aliphatic heterocycles. The predicted octanol–water partition coefficient (Wildman–Crippen LogP) is 3.21. The molecule has 2 aromatic heterocycles. The quantitative estimate of drug-likeness (QED) is 0.425. The molecule has 1 aromatic carbocycles. The van der Waals surface area contributed by atoms with Crippen LogP contribution in [0, 0.1) is 11.6 Å². The van der Waals surface area contributed by atoms with E-state index in [1.165, 1.54) is 18.3 Å². The second-order valence-corrected chi connectivity index (χ2v) is 5.54. The molecule has 128 valence electrons. The molecular weight excluding hydrogens is 328 g/mol. The van der Waals surface area contributed by atoms with E-state index in [0.29, 0.717) is 17.5 Å². The zero-order chi connectivity index (χ0) is 18.0. The van der Waals surface area contributed by atoms with Crippen molar-refractivity contribution in [2.75, 3.05) is 0 Å². The number of hydrogen-bond acceptors (Lipinski definition) is 3. The summed E-state index contributed by atoms with van der Waals surface area (Å²) < 4.78 is 28.8. The number of amides is 1. The fourth-order valence-corrected chi connectivity index (χ4v) is 2.73. The lowest BCUT2D eigenvalue weighted by Gasteiger charge is -2.07. The van der Waals surface area contributed by atoms with Gasteiger partial charge in [0.2, 0.25) is 0 Å². The third-order valence-electron chi connectivity index (χ3n) is 3.90. The van der Waals surface area contributed by atoms with Crippen LogP contribution in [0.15, 0.2) is 49.3 Å². The first-order valence-electron chi connectivity index (χ1n) is 7.50. The Bertz CT molecular complexity index is 966. The van der Waals surface area contributed by atoms with Gasteiger partial charge in [0.05, 0.1) is 18.3 Å². The molecule has 0 radical (unpaired) electrons. The minimum Gasteiger partial charge on any atom is -0.341 e. The molecule has 0 spiro atoms. The molecule has 1 amide bonds. The molecule has 0 unspecified atom stereocenters. The van der Waals surface area contributed by atoms with Crippen molar-refractivity contribution in [3.8, 4) is 0 Å². The van der Waals surface area contributed by atoms with Gasteiger partial charge < -0.3 is 4.57 Å². The Balaban J connectivity index is 2.08. The van der Waals surface area contributed by atoms with Gasteiger partial charge in [-0.3, -0.25) is 10.0 Å². The van der Waals surface area contributed by atoms with E-state index < -0.39 is 17.5 Å². The third-order valence-corrected chi connectivity index (χ3v) is 3.90. The Morgan fingerprint density at radius 1 is 1.32 bits per heavy atom. The van der Waals surface area contributed by atoms with Crippen LogP contribution in [0.3, 0.4) is 0 Å². The average molecular weight is 343 g/mol. The molecule has 25 heavy (non-hydrogen) atoms. The highest BCUT2D eigenvalue weighted by atomic mass is 19.1. The van der Waals surface area contributed by atoms with Gasteiger partial charge >= 0.3 is 0 Å². The molecule has 0 aliphatic rings. The summed E-state index contributed by atoms with van der Waals surface area (Å²) in [4.78, 5) is 15.6. The largest absolute Gasteiger partial charge is 0.341 e. The lowest BCUT2D eigenvalue weighted by atomic mass is 10.1. The highest BCUT2D eigenvalue weighted by Crippen LogP contribution is 2.24. The van der Waals surface area contributed by atoms with Gasteiger partial charge in [0, 0.05) is 23.2 Å². The number of nitrogens with one attached hydrogen (secondary N) is 1. The van der Waals surface area contributed by atoms with E-state index in [0.717, 1.165) is 17.0 Å². The van der Waals surface area contributed by atoms with Crippen molar-refractivity contribution in [3.63, 3.8) is 0 Å². The second-order valence-electron chi connectivity index (χ2n) is 5.54. The lowest BCUT2D eigenvalue weighted by Crippen LogP contribution is -2.19. The molecule has 3 aromatic rings. The van der Waals surface area contributed by atoms with E-state index in [1.807, 2.05) is 6.20 Å². The number of carbonyl (C=O) groups excluding carboxylic acids is 1. The maximum Gasteiger partial charge on any atom is 0.293 e.